The molecule has 0 heterocycles. The van der Waals surface area contributed by atoms with Crippen LogP contribution in [0.1, 0.15) is 12.5 Å². The minimum absolute atomic E-state index is 0.239. The van der Waals surface area contributed by atoms with Gasteiger partial charge in [-0.15, -0.1) is 0 Å². The zero-order valence-electron chi connectivity index (χ0n) is 8.61. The Morgan fingerprint density at radius 3 is 2.47 bits per heavy atom. The van der Waals surface area contributed by atoms with Crippen molar-refractivity contribution in [2.45, 2.75) is 18.7 Å². The molecular weight excluding hydrogens is 199 g/mol. The molecule has 1 aromatic rings. The first-order valence-electron chi connectivity index (χ1n) is 4.50. The van der Waals surface area contributed by atoms with Gasteiger partial charge in [0.25, 0.3) is 0 Å². The standard InChI is InChI=1S/C11H13FO3/c1-11(12,9(13)10(14)15-2)8-6-4-3-5-7-8/h3-7,9,13H,1-2H3/t9-,11-/m1/s1. The Balaban J connectivity index is 2.97. The normalized spacial score (nSPS) is 16.5. The molecule has 2 atom stereocenters. The quantitative estimate of drug-likeness (QED) is 0.770. The number of aliphatic hydroxyl groups excluding tert-OH is 1. The van der Waals surface area contributed by atoms with Crippen molar-refractivity contribution in [1.29, 1.82) is 0 Å². The van der Waals surface area contributed by atoms with Crippen molar-refractivity contribution in [2.75, 3.05) is 7.11 Å². The zero-order valence-corrected chi connectivity index (χ0v) is 8.61. The average molecular weight is 212 g/mol. The first-order chi connectivity index (χ1) is 7.00. The smallest absolute Gasteiger partial charge is 0.338 e. The fourth-order valence-corrected chi connectivity index (χ4v) is 1.25. The van der Waals surface area contributed by atoms with Gasteiger partial charge in [-0.05, 0) is 12.5 Å². The summed E-state index contributed by atoms with van der Waals surface area (Å²) in [7, 11) is 1.10. The molecule has 0 saturated heterocycles. The number of methoxy groups -OCH3 is 1. The lowest BCUT2D eigenvalue weighted by atomic mass is 9.92. The van der Waals surface area contributed by atoms with Crippen LogP contribution in [0, 0.1) is 0 Å². The Morgan fingerprint density at radius 2 is 2.00 bits per heavy atom. The lowest BCUT2D eigenvalue weighted by molar-refractivity contribution is -0.159. The van der Waals surface area contributed by atoms with E-state index in [4.69, 9.17) is 0 Å². The van der Waals surface area contributed by atoms with Crippen LogP contribution in [0.3, 0.4) is 0 Å². The molecule has 0 bridgehead atoms. The number of halogens is 1. The molecule has 0 amide bonds. The number of hydrogen-bond donors (Lipinski definition) is 1. The van der Waals surface area contributed by atoms with E-state index in [1.165, 1.54) is 12.1 Å². The third-order valence-electron chi connectivity index (χ3n) is 2.28. The lowest BCUT2D eigenvalue weighted by Gasteiger charge is -2.24. The van der Waals surface area contributed by atoms with Crippen LogP contribution in [0.25, 0.3) is 0 Å². The van der Waals surface area contributed by atoms with Gasteiger partial charge in [-0.2, -0.15) is 0 Å². The van der Waals surface area contributed by atoms with E-state index < -0.39 is 17.7 Å². The van der Waals surface area contributed by atoms with E-state index in [9.17, 15) is 14.3 Å². The van der Waals surface area contributed by atoms with Crippen LogP contribution >= 0.6 is 0 Å². The van der Waals surface area contributed by atoms with Gasteiger partial charge in [-0.25, -0.2) is 9.18 Å². The maximum Gasteiger partial charge on any atom is 0.338 e. The SMILES string of the molecule is COC(=O)[C@@H](O)[C@](C)(F)c1ccccc1. The molecule has 4 heteroatoms. The molecule has 1 rings (SSSR count). The molecule has 0 radical (unpaired) electrons. The summed E-state index contributed by atoms with van der Waals surface area (Å²) in [5.41, 5.74) is -1.91. The molecule has 0 saturated carbocycles. The van der Waals surface area contributed by atoms with Crippen molar-refractivity contribution in [3.8, 4) is 0 Å². The summed E-state index contributed by atoms with van der Waals surface area (Å²) in [6, 6.07) is 8.01. The number of alkyl halides is 1. The Morgan fingerprint density at radius 1 is 1.47 bits per heavy atom. The fraction of sp³-hybridized carbons (Fsp3) is 0.364. The Hall–Kier alpha value is -1.42. The minimum atomic E-state index is -2.14. The van der Waals surface area contributed by atoms with Crippen LogP contribution in [0.4, 0.5) is 4.39 Å². The van der Waals surface area contributed by atoms with Crippen LogP contribution in [-0.2, 0) is 15.2 Å². The second-order valence-electron chi connectivity index (χ2n) is 3.37. The first kappa shape index (κ1) is 11.7. The second kappa shape index (κ2) is 4.40. The maximum atomic E-state index is 14.1. The Kier molecular flexibility index (Phi) is 3.42. The molecule has 0 aliphatic rings. The van der Waals surface area contributed by atoms with Gasteiger partial charge in [-0.1, -0.05) is 30.3 Å². The molecule has 0 aliphatic heterocycles. The summed E-state index contributed by atoms with van der Waals surface area (Å²) in [6.45, 7) is 1.14. The largest absolute Gasteiger partial charge is 0.467 e. The van der Waals surface area contributed by atoms with Crippen LogP contribution in [-0.4, -0.2) is 24.3 Å². The minimum Gasteiger partial charge on any atom is -0.467 e. The summed E-state index contributed by atoms with van der Waals surface area (Å²) >= 11 is 0. The van der Waals surface area contributed by atoms with Gasteiger partial charge in [0.05, 0.1) is 7.11 Å². The van der Waals surface area contributed by atoms with Gasteiger partial charge < -0.3 is 9.84 Å². The van der Waals surface area contributed by atoms with E-state index in [-0.39, 0.29) is 5.56 Å². The number of ether oxygens (including phenoxy) is 1. The van der Waals surface area contributed by atoms with Gasteiger partial charge in [0.1, 0.15) is 0 Å². The van der Waals surface area contributed by atoms with Crippen LogP contribution < -0.4 is 0 Å². The van der Waals surface area contributed by atoms with Gasteiger partial charge in [0, 0.05) is 0 Å². The van der Waals surface area contributed by atoms with Crippen molar-refractivity contribution in [2.24, 2.45) is 0 Å². The number of carbonyl (C=O) groups is 1. The highest BCUT2D eigenvalue weighted by Gasteiger charge is 2.40. The van der Waals surface area contributed by atoms with Gasteiger partial charge in [0.2, 0.25) is 0 Å². The summed E-state index contributed by atoms with van der Waals surface area (Å²) in [5.74, 6) is -0.983. The topological polar surface area (TPSA) is 46.5 Å². The van der Waals surface area contributed by atoms with Gasteiger partial charge in [0.15, 0.2) is 11.8 Å². The van der Waals surface area contributed by atoms with E-state index >= 15 is 0 Å². The highest BCUT2D eigenvalue weighted by Crippen LogP contribution is 2.29. The van der Waals surface area contributed by atoms with Crippen molar-refractivity contribution >= 4 is 5.97 Å². The molecule has 1 aromatic carbocycles. The lowest BCUT2D eigenvalue weighted by Crippen LogP contribution is -2.39. The summed E-state index contributed by atoms with van der Waals surface area (Å²) in [6.07, 6.45) is -1.81. The van der Waals surface area contributed by atoms with Crippen molar-refractivity contribution in [1.82, 2.24) is 0 Å². The number of hydrogen-bond acceptors (Lipinski definition) is 3. The Labute approximate surface area is 87.5 Å². The molecular formula is C11H13FO3. The van der Waals surface area contributed by atoms with Gasteiger partial charge >= 0.3 is 5.97 Å². The molecule has 1 N–H and O–H groups in total. The predicted octanol–water partition coefficient (Wildman–Crippen LogP) is 1.41. The second-order valence-corrected chi connectivity index (χ2v) is 3.37. The van der Waals surface area contributed by atoms with E-state index in [0.29, 0.717) is 0 Å². The van der Waals surface area contributed by atoms with Crippen LogP contribution in [0.15, 0.2) is 30.3 Å². The molecule has 0 fully saturated rings. The van der Waals surface area contributed by atoms with Crippen molar-refractivity contribution in [3.63, 3.8) is 0 Å². The maximum absolute atomic E-state index is 14.1. The molecule has 0 aromatic heterocycles. The molecule has 0 aliphatic carbocycles. The molecule has 82 valence electrons. The molecule has 15 heavy (non-hydrogen) atoms. The fourth-order valence-electron chi connectivity index (χ4n) is 1.25. The van der Waals surface area contributed by atoms with Crippen LogP contribution in [0.2, 0.25) is 0 Å². The predicted molar refractivity (Wildman–Crippen MR) is 52.9 cm³/mol. The third kappa shape index (κ3) is 2.33. The number of rotatable bonds is 3. The first-order valence-corrected chi connectivity index (χ1v) is 4.50. The number of aliphatic hydroxyl groups is 1. The van der Waals surface area contributed by atoms with Crippen molar-refractivity contribution in [3.05, 3.63) is 35.9 Å². The van der Waals surface area contributed by atoms with Crippen molar-refractivity contribution < 1.29 is 19.0 Å². The zero-order chi connectivity index (χ0) is 11.5. The molecule has 3 nitrogen and oxygen atoms in total. The van der Waals surface area contributed by atoms with E-state index in [2.05, 4.69) is 4.74 Å². The van der Waals surface area contributed by atoms with Gasteiger partial charge in [-0.3, -0.25) is 0 Å². The monoisotopic (exact) mass is 212 g/mol. The highest BCUT2D eigenvalue weighted by atomic mass is 19.1. The highest BCUT2D eigenvalue weighted by molar-refractivity contribution is 5.76. The number of benzene rings is 1. The van der Waals surface area contributed by atoms with Crippen LogP contribution in [0.5, 0.6) is 0 Å². The number of carbonyl (C=O) groups excluding carboxylic acids is 1. The van der Waals surface area contributed by atoms with E-state index in [1.54, 1.807) is 18.2 Å². The Bertz CT molecular complexity index is 335. The average Bonchev–Trinajstić information content (AvgIpc) is 2.28. The number of esters is 1. The van der Waals surface area contributed by atoms with E-state index in [0.717, 1.165) is 14.0 Å². The summed E-state index contributed by atoms with van der Waals surface area (Å²) < 4.78 is 18.4. The summed E-state index contributed by atoms with van der Waals surface area (Å²) in [5, 5.41) is 9.45. The van der Waals surface area contributed by atoms with E-state index in [1.807, 2.05) is 0 Å². The molecule has 0 spiro atoms. The third-order valence-corrected chi connectivity index (χ3v) is 2.28. The molecule has 0 unspecified atom stereocenters. The summed E-state index contributed by atoms with van der Waals surface area (Å²) in [4.78, 5) is 11.0.